The number of nitrogens with two attached hydrogens (primary N) is 1. The van der Waals surface area contributed by atoms with E-state index in [9.17, 15) is 0 Å². The molecular weight excluding hydrogens is 450 g/mol. The van der Waals surface area contributed by atoms with Crippen LogP contribution in [0.25, 0.3) is 0 Å². The van der Waals surface area contributed by atoms with E-state index in [1.54, 1.807) is 0 Å². The third kappa shape index (κ3) is 21.4. The van der Waals surface area contributed by atoms with Crippen LogP contribution in [0.3, 0.4) is 0 Å². The summed E-state index contributed by atoms with van der Waals surface area (Å²) in [7, 11) is 0. The van der Waals surface area contributed by atoms with Crippen LogP contribution in [0.4, 0.5) is 0 Å². The van der Waals surface area contributed by atoms with Gasteiger partial charge in [-0.1, -0.05) is 162 Å². The Morgan fingerprint density at radius 2 is 0.811 bits per heavy atom. The molecular formula is C35H73NO. The summed E-state index contributed by atoms with van der Waals surface area (Å²) in [6, 6.07) is 0. The average molecular weight is 524 g/mol. The highest BCUT2D eigenvalue weighted by Crippen LogP contribution is 2.40. The van der Waals surface area contributed by atoms with E-state index in [1.807, 2.05) is 0 Å². The van der Waals surface area contributed by atoms with Crippen molar-refractivity contribution in [3.8, 4) is 0 Å². The first-order valence-electron chi connectivity index (χ1n) is 17.5. The van der Waals surface area contributed by atoms with Gasteiger partial charge >= 0.3 is 0 Å². The van der Waals surface area contributed by atoms with Gasteiger partial charge in [-0.15, -0.1) is 0 Å². The molecule has 0 bridgehead atoms. The molecule has 0 aromatic carbocycles. The SMILES string of the molecule is CCCCCCCCCCC(CCCCCCCCCC)(OCC)C(CCCN)CCCCCCCC. The van der Waals surface area contributed by atoms with Crippen LogP contribution in [-0.4, -0.2) is 18.8 Å². The minimum atomic E-state index is 0.0950. The van der Waals surface area contributed by atoms with E-state index in [0.29, 0.717) is 5.92 Å². The molecule has 1 unspecified atom stereocenters. The Labute approximate surface area is 236 Å². The van der Waals surface area contributed by atoms with Gasteiger partial charge < -0.3 is 10.5 Å². The number of ether oxygens (including phenoxy) is 1. The Kier molecular flexibility index (Phi) is 28.9. The Morgan fingerprint density at radius 3 is 1.19 bits per heavy atom. The van der Waals surface area contributed by atoms with E-state index < -0.39 is 0 Å². The molecule has 0 fully saturated rings. The Hall–Kier alpha value is -0.0800. The van der Waals surface area contributed by atoms with Gasteiger partial charge in [0.25, 0.3) is 0 Å². The summed E-state index contributed by atoms with van der Waals surface area (Å²) in [5.41, 5.74) is 6.14. The second-order valence-electron chi connectivity index (χ2n) is 12.1. The molecule has 0 radical (unpaired) electrons. The van der Waals surface area contributed by atoms with E-state index >= 15 is 0 Å². The number of unbranched alkanes of at least 4 members (excludes halogenated alkanes) is 19. The van der Waals surface area contributed by atoms with Crippen LogP contribution in [0, 0.1) is 5.92 Å². The highest BCUT2D eigenvalue weighted by Gasteiger charge is 2.37. The molecule has 0 amide bonds. The second-order valence-corrected chi connectivity index (χ2v) is 12.1. The molecule has 0 aromatic rings. The first-order chi connectivity index (χ1) is 18.2. The Bertz CT molecular complexity index is 403. The van der Waals surface area contributed by atoms with E-state index in [1.165, 1.54) is 167 Å². The second kappa shape index (κ2) is 28.9. The average Bonchev–Trinajstić information content (AvgIpc) is 2.90. The molecule has 0 rings (SSSR count). The van der Waals surface area contributed by atoms with Crippen molar-refractivity contribution in [3.05, 3.63) is 0 Å². The summed E-state index contributed by atoms with van der Waals surface area (Å²) in [4.78, 5) is 0. The van der Waals surface area contributed by atoms with E-state index in [0.717, 1.165) is 19.6 Å². The van der Waals surface area contributed by atoms with Crippen LogP contribution in [0.5, 0.6) is 0 Å². The lowest BCUT2D eigenvalue weighted by molar-refractivity contribution is -0.102. The lowest BCUT2D eigenvalue weighted by Crippen LogP contribution is -2.41. The predicted molar refractivity (Wildman–Crippen MR) is 169 cm³/mol. The van der Waals surface area contributed by atoms with Gasteiger partial charge in [-0.25, -0.2) is 0 Å². The standard InChI is InChI=1S/C35H73NO/c1-5-9-12-15-18-20-23-26-31-35(37-8-4,32-27-24-21-19-16-13-10-6-2)34(30-28-33-36)29-25-22-17-14-11-7-3/h34H,5-33,36H2,1-4H3. The van der Waals surface area contributed by atoms with Gasteiger partial charge in [-0.05, 0) is 51.5 Å². The van der Waals surface area contributed by atoms with Gasteiger partial charge in [0, 0.05) is 6.61 Å². The largest absolute Gasteiger partial charge is 0.375 e. The van der Waals surface area contributed by atoms with Crippen LogP contribution in [0.2, 0.25) is 0 Å². The first kappa shape index (κ1) is 36.9. The zero-order valence-electron chi connectivity index (χ0n) is 26.6. The van der Waals surface area contributed by atoms with Gasteiger partial charge in [0.05, 0.1) is 5.60 Å². The minimum Gasteiger partial charge on any atom is -0.375 e. The highest BCUT2D eigenvalue weighted by atomic mass is 16.5. The molecule has 1 atom stereocenters. The molecule has 224 valence electrons. The topological polar surface area (TPSA) is 35.2 Å². The van der Waals surface area contributed by atoms with Crippen molar-refractivity contribution >= 4 is 0 Å². The fourth-order valence-corrected chi connectivity index (χ4v) is 6.40. The fourth-order valence-electron chi connectivity index (χ4n) is 6.40. The van der Waals surface area contributed by atoms with Crippen LogP contribution < -0.4 is 5.73 Å². The number of hydrogen-bond acceptors (Lipinski definition) is 2. The van der Waals surface area contributed by atoms with Gasteiger partial charge in [0.1, 0.15) is 0 Å². The predicted octanol–water partition coefficient (Wildman–Crippen LogP) is 11.9. The van der Waals surface area contributed by atoms with Crippen LogP contribution in [0.15, 0.2) is 0 Å². The third-order valence-corrected chi connectivity index (χ3v) is 8.75. The first-order valence-corrected chi connectivity index (χ1v) is 17.5. The van der Waals surface area contributed by atoms with Crippen molar-refractivity contribution in [1.82, 2.24) is 0 Å². The van der Waals surface area contributed by atoms with E-state index in [4.69, 9.17) is 10.5 Å². The van der Waals surface area contributed by atoms with E-state index in [2.05, 4.69) is 27.7 Å². The highest BCUT2D eigenvalue weighted by molar-refractivity contribution is 4.89. The maximum absolute atomic E-state index is 6.86. The Balaban J connectivity index is 5.02. The van der Waals surface area contributed by atoms with E-state index in [-0.39, 0.29) is 5.60 Å². The maximum atomic E-state index is 6.86. The van der Waals surface area contributed by atoms with Crippen molar-refractivity contribution in [2.75, 3.05) is 13.2 Å². The normalized spacial score (nSPS) is 12.9. The lowest BCUT2D eigenvalue weighted by atomic mass is 9.74. The summed E-state index contributed by atoms with van der Waals surface area (Å²) in [6.45, 7) is 10.9. The summed E-state index contributed by atoms with van der Waals surface area (Å²) < 4.78 is 6.86. The van der Waals surface area contributed by atoms with Crippen molar-refractivity contribution in [3.63, 3.8) is 0 Å². The van der Waals surface area contributed by atoms with Gasteiger partial charge in [0.15, 0.2) is 0 Å². The van der Waals surface area contributed by atoms with Gasteiger partial charge in [0.2, 0.25) is 0 Å². The monoisotopic (exact) mass is 524 g/mol. The third-order valence-electron chi connectivity index (χ3n) is 8.75. The minimum absolute atomic E-state index is 0.0950. The molecule has 2 heteroatoms. The maximum Gasteiger partial charge on any atom is 0.0710 e. The Morgan fingerprint density at radius 1 is 0.459 bits per heavy atom. The molecule has 0 spiro atoms. The zero-order valence-corrected chi connectivity index (χ0v) is 26.6. The van der Waals surface area contributed by atoms with Crippen molar-refractivity contribution in [1.29, 1.82) is 0 Å². The fraction of sp³-hybridized carbons (Fsp3) is 1.00. The molecule has 0 aliphatic heterocycles. The number of rotatable bonds is 31. The lowest BCUT2D eigenvalue weighted by Gasteiger charge is -2.42. The molecule has 0 saturated carbocycles. The van der Waals surface area contributed by atoms with Crippen LogP contribution >= 0.6 is 0 Å². The molecule has 37 heavy (non-hydrogen) atoms. The molecule has 0 aliphatic rings. The summed E-state index contributed by atoms with van der Waals surface area (Å²) in [6.07, 6.45) is 37.0. The van der Waals surface area contributed by atoms with Crippen LogP contribution in [-0.2, 0) is 4.74 Å². The molecule has 0 heterocycles. The van der Waals surface area contributed by atoms with Gasteiger partial charge in [-0.3, -0.25) is 0 Å². The molecule has 0 aromatic heterocycles. The summed E-state index contributed by atoms with van der Waals surface area (Å²) >= 11 is 0. The zero-order chi connectivity index (χ0) is 27.3. The smallest absolute Gasteiger partial charge is 0.0710 e. The molecule has 0 saturated heterocycles. The summed E-state index contributed by atoms with van der Waals surface area (Å²) in [5.74, 6) is 0.691. The van der Waals surface area contributed by atoms with Crippen molar-refractivity contribution in [2.24, 2.45) is 11.7 Å². The molecule has 2 N–H and O–H groups in total. The van der Waals surface area contributed by atoms with Gasteiger partial charge in [-0.2, -0.15) is 0 Å². The quantitative estimate of drug-likeness (QED) is 0.0917. The van der Waals surface area contributed by atoms with Crippen molar-refractivity contribution in [2.45, 2.75) is 207 Å². The molecule has 2 nitrogen and oxygen atoms in total. The summed E-state index contributed by atoms with van der Waals surface area (Å²) in [5, 5.41) is 0. The number of hydrogen-bond donors (Lipinski definition) is 1. The van der Waals surface area contributed by atoms with Crippen LogP contribution in [0.1, 0.15) is 201 Å². The van der Waals surface area contributed by atoms with Crippen molar-refractivity contribution < 1.29 is 4.74 Å². The molecule has 0 aliphatic carbocycles.